The average Bonchev–Trinajstić information content (AvgIpc) is 2.73. The monoisotopic (exact) mass is 516 g/mol. The third kappa shape index (κ3) is 7.29. The number of halogens is 4. The summed E-state index contributed by atoms with van der Waals surface area (Å²) in [5.74, 6) is 0. The normalized spacial score (nSPS) is 17.5. The number of nitrogens with zero attached hydrogens (tertiary/aromatic N) is 2. The highest BCUT2D eigenvalue weighted by atomic mass is 35.5. The summed E-state index contributed by atoms with van der Waals surface area (Å²) < 4.78 is 0. The first kappa shape index (κ1) is 28.6. The highest BCUT2D eigenvalue weighted by Crippen LogP contribution is 2.28. The molecular formula is C24H32Cl4N4. The molecule has 32 heavy (non-hydrogen) atoms. The fraction of sp³-hybridized carbons (Fsp3) is 0.375. The van der Waals surface area contributed by atoms with Gasteiger partial charge in [0.1, 0.15) is 0 Å². The molecule has 0 spiro atoms. The Morgan fingerprint density at radius 3 is 2.22 bits per heavy atom. The number of anilines is 2. The lowest BCUT2D eigenvalue weighted by Gasteiger charge is -2.30. The van der Waals surface area contributed by atoms with Crippen molar-refractivity contribution in [2.24, 2.45) is 0 Å². The smallest absolute Gasteiger partial charge is 0.0737 e. The van der Waals surface area contributed by atoms with E-state index in [4.69, 9.17) is 11.6 Å². The van der Waals surface area contributed by atoms with Crippen LogP contribution in [0.1, 0.15) is 31.2 Å². The number of nitrogens with one attached hydrogen (secondary N) is 2. The number of aromatic nitrogens is 1. The van der Waals surface area contributed by atoms with E-state index in [2.05, 4.69) is 71.0 Å². The van der Waals surface area contributed by atoms with E-state index in [-0.39, 0.29) is 37.2 Å². The molecule has 0 saturated heterocycles. The largest absolute Gasteiger partial charge is 0.382 e. The predicted octanol–water partition coefficient (Wildman–Crippen LogP) is 6.73. The molecule has 0 atom stereocenters. The minimum atomic E-state index is 0. The van der Waals surface area contributed by atoms with Gasteiger partial charge in [0, 0.05) is 60.7 Å². The van der Waals surface area contributed by atoms with Crippen LogP contribution in [-0.4, -0.2) is 31.2 Å². The Bertz CT molecular complexity index is 958. The van der Waals surface area contributed by atoms with Crippen LogP contribution < -0.4 is 15.5 Å². The lowest BCUT2D eigenvalue weighted by molar-refractivity contribution is 0.353. The van der Waals surface area contributed by atoms with E-state index in [9.17, 15) is 0 Å². The maximum absolute atomic E-state index is 6.10. The summed E-state index contributed by atoms with van der Waals surface area (Å²) in [6.45, 7) is 0.937. The Hall–Kier alpha value is -1.43. The zero-order valence-corrected chi connectivity index (χ0v) is 21.6. The van der Waals surface area contributed by atoms with Crippen LogP contribution in [0.4, 0.5) is 11.4 Å². The molecule has 1 aromatic heterocycles. The highest BCUT2D eigenvalue weighted by molar-refractivity contribution is 6.31. The van der Waals surface area contributed by atoms with Crippen molar-refractivity contribution in [2.75, 3.05) is 24.3 Å². The van der Waals surface area contributed by atoms with E-state index in [1.165, 1.54) is 36.9 Å². The number of fused-ring (bicyclic) bond motifs is 1. The first-order valence-corrected chi connectivity index (χ1v) is 10.8. The van der Waals surface area contributed by atoms with Crippen LogP contribution in [-0.2, 0) is 6.54 Å². The van der Waals surface area contributed by atoms with Crippen molar-refractivity contribution in [2.45, 2.75) is 44.3 Å². The molecule has 4 nitrogen and oxygen atoms in total. The molecule has 1 saturated carbocycles. The fourth-order valence-corrected chi connectivity index (χ4v) is 4.25. The standard InChI is InChI=1S/C24H29ClN4.3ClH/c1-29(2)21-10-3-17(4-11-21)16-27-19-6-8-20(9-7-19)28-23-13-14-26-24-15-18(25)5-12-22(23)24;;;/h3-5,10-15,19-20,27H,6-9,16H2,1-2H3,(H,26,28);3*1H. The Balaban J connectivity index is 0.00000171. The molecule has 0 aliphatic heterocycles. The number of hydrogen-bond acceptors (Lipinski definition) is 4. The molecule has 0 bridgehead atoms. The SMILES string of the molecule is CN(C)c1ccc(CNC2CCC(Nc3ccnc4cc(Cl)ccc34)CC2)cc1.Cl.Cl.Cl. The van der Waals surface area contributed by atoms with Gasteiger partial charge in [0.2, 0.25) is 0 Å². The van der Waals surface area contributed by atoms with Gasteiger partial charge < -0.3 is 15.5 Å². The molecule has 0 amide bonds. The van der Waals surface area contributed by atoms with Crippen LogP contribution in [0.2, 0.25) is 5.02 Å². The van der Waals surface area contributed by atoms with Gasteiger partial charge in [0.05, 0.1) is 5.52 Å². The van der Waals surface area contributed by atoms with Crippen LogP contribution in [0, 0.1) is 0 Å². The van der Waals surface area contributed by atoms with Crippen LogP contribution in [0.25, 0.3) is 10.9 Å². The first-order chi connectivity index (χ1) is 14.1. The summed E-state index contributed by atoms with van der Waals surface area (Å²) in [6.07, 6.45) is 6.60. The van der Waals surface area contributed by atoms with Crippen molar-refractivity contribution in [3.8, 4) is 0 Å². The molecule has 1 fully saturated rings. The molecule has 1 aliphatic carbocycles. The molecule has 1 aliphatic rings. The minimum absolute atomic E-state index is 0. The second-order valence-corrected chi connectivity index (χ2v) is 8.59. The van der Waals surface area contributed by atoms with Gasteiger partial charge in [-0.15, -0.1) is 37.2 Å². The number of rotatable bonds is 6. The van der Waals surface area contributed by atoms with Crippen LogP contribution in [0.15, 0.2) is 54.7 Å². The van der Waals surface area contributed by atoms with E-state index in [0.717, 1.165) is 28.2 Å². The average molecular weight is 518 g/mol. The molecule has 1 heterocycles. The first-order valence-electron chi connectivity index (χ1n) is 10.4. The topological polar surface area (TPSA) is 40.2 Å². The summed E-state index contributed by atoms with van der Waals surface area (Å²) in [5, 5.41) is 9.34. The summed E-state index contributed by atoms with van der Waals surface area (Å²) in [6, 6.07) is 17.9. The molecule has 2 N–H and O–H groups in total. The summed E-state index contributed by atoms with van der Waals surface area (Å²) >= 11 is 6.10. The van der Waals surface area contributed by atoms with Crippen molar-refractivity contribution in [1.29, 1.82) is 0 Å². The highest BCUT2D eigenvalue weighted by Gasteiger charge is 2.21. The molecule has 8 heteroatoms. The molecular weight excluding hydrogens is 486 g/mol. The maximum atomic E-state index is 6.10. The Kier molecular flexibility index (Phi) is 11.9. The second kappa shape index (κ2) is 13.3. The molecule has 3 aromatic rings. The molecule has 2 aromatic carbocycles. The van der Waals surface area contributed by atoms with Crippen molar-refractivity contribution in [1.82, 2.24) is 10.3 Å². The minimum Gasteiger partial charge on any atom is -0.382 e. The molecule has 0 radical (unpaired) electrons. The van der Waals surface area contributed by atoms with E-state index in [1.807, 2.05) is 18.3 Å². The Labute approximate surface area is 214 Å². The quantitative estimate of drug-likeness (QED) is 0.380. The van der Waals surface area contributed by atoms with E-state index in [1.54, 1.807) is 0 Å². The number of pyridine rings is 1. The molecule has 0 unspecified atom stereocenters. The van der Waals surface area contributed by atoms with Crippen molar-refractivity contribution >= 4 is 71.1 Å². The maximum Gasteiger partial charge on any atom is 0.0737 e. The molecule has 4 rings (SSSR count). The van der Waals surface area contributed by atoms with Crippen molar-refractivity contribution < 1.29 is 0 Å². The third-order valence-electron chi connectivity index (χ3n) is 5.84. The van der Waals surface area contributed by atoms with Crippen molar-refractivity contribution in [3.05, 3.63) is 65.3 Å². The van der Waals surface area contributed by atoms with E-state index >= 15 is 0 Å². The van der Waals surface area contributed by atoms with Crippen LogP contribution in [0.5, 0.6) is 0 Å². The number of benzene rings is 2. The van der Waals surface area contributed by atoms with E-state index < -0.39 is 0 Å². The zero-order chi connectivity index (χ0) is 20.2. The Morgan fingerprint density at radius 2 is 1.56 bits per heavy atom. The lowest BCUT2D eigenvalue weighted by atomic mass is 9.90. The van der Waals surface area contributed by atoms with Gasteiger partial charge in [-0.1, -0.05) is 23.7 Å². The Morgan fingerprint density at radius 1 is 0.906 bits per heavy atom. The predicted molar refractivity (Wildman–Crippen MR) is 146 cm³/mol. The second-order valence-electron chi connectivity index (χ2n) is 8.15. The van der Waals surface area contributed by atoms with Gasteiger partial charge in [-0.05, 0) is 67.6 Å². The van der Waals surface area contributed by atoms with Gasteiger partial charge in [0.15, 0.2) is 0 Å². The summed E-state index contributed by atoms with van der Waals surface area (Å²) in [5.41, 5.74) is 4.69. The van der Waals surface area contributed by atoms with Crippen LogP contribution in [0.3, 0.4) is 0 Å². The molecule has 176 valence electrons. The van der Waals surface area contributed by atoms with Gasteiger partial charge >= 0.3 is 0 Å². The lowest BCUT2D eigenvalue weighted by Crippen LogP contribution is -2.36. The number of hydrogen-bond donors (Lipinski definition) is 2. The van der Waals surface area contributed by atoms with Gasteiger partial charge in [-0.25, -0.2) is 0 Å². The zero-order valence-electron chi connectivity index (χ0n) is 18.4. The van der Waals surface area contributed by atoms with Gasteiger partial charge in [-0.2, -0.15) is 0 Å². The summed E-state index contributed by atoms with van der Waals surface area (Å²) in [7, 11) is 4.15. The third-order valence-corrected chi connectivity index (χ3v) is 6.07. The van der Waals surface area contributed by atoms with Gasteiger partial charge in [-0.3, -0.25) is 4.98 Å². The summed E-state index contributed by atoms with van der Waals surface area (Å²) in [4.78, 5) is 6.57. The fourth-order valence-electron chi connectivity index (χ4n) is 4.08. The van der Waals surface area contributed by atoms with Crippen LogP contribution >= 0.6 is 48.8 Å². The van der Waals surface area contributed by atoms with Crippen molar-refractivity contribution in [3.63, 3.8) is 0 Å². The van der Waals surface area contributed by atoms with E-state index in [0.29, 0.717) is 12.1 Å². The van der Waals surface area contributed by atoms with Gasteiger partial charge in [0.25, 0.3) is 0 Å².